The third-order valence-electron chi connectivity index (χ3n) is 4.60. The lowest BCUT2D eigenvalue weighted by molar-refractivity contribution is 0.590. The van der Waals surface area contributed by atoms with Crippen LogP contribution in [0.5, 0.6) is 0 Å². The second-order valence-corrected chi connectivity index (χ2v) is 8.35. The van der Waals surface area contributed by atoms with Gasteiger partial charge in [-0.15, -0.1) is 0 Å². The number of anilines is 1. The van der Waals surface area contributed by atoms with E-state index in [0.717, 1.165) is 27.9 Å². The first-order valence-corrected chi connectivity index (χ1v) is 10.0. The number of benzene rings is 3. The van der Waals surface area contributed by atoms with Crippen LogP contribution in [0.15, 0.2) is 77.7 Å². The van der Waals surface area contributed by atoms with E-state index in [9.17, 15) is 8.42 Å². The quantitative estimate of drug-likeness (QED) is 0.637. The van der Waals surface area contributed by atoms with E-state index >= 15 is 0 Å². The average molecular weight is 365 g/mol. The Morgan fingerprint density at radius 3 is 1.85 bits per heavy atom. The van der Waals surface area contributed by atoms with Crippen LogP contribution in [-0.4, -0.2) is 8.42 Å². The molecule has 0 radical (unpaired) electrons. The number of rotatable bonds is 5. The summed E-state index contributed by atoms with van der Waals surface area (Å²) in [5, 5.41) is 0. The molecule has 0 saturated carbocycles. The fourth-order valence-electron chi connectivity index (χ4n) is 3.15. The molecule has 3 aromatic carbocycles. The molecule has 0 unspecified atom stereocenters. The molecule has 0 amide bonds. The van der Waals surface area contributed by atoms with Crippen LogP contribution >= 0.6 is 0 Å². The molecule has 0 fully saturated rings. The summed E-state index contributed by atoms with van der Waals surface area (Å²) >= 11 is 0. The van der Waals surface area contributed by atoms with Gasteiger partial charge in [-0.25, -0.2) is 8.42 Å². The zero-order valence-corrected chi connectivity index (χ0v) is 16.1. The highest BCUT2D eigenvalue weighted by Crippen LogP contribution is 2.32. The van der Waals surface area contributed by atoms with Gasteiger partial charge in [0, 0.05) is 0 Å². The fourth-order valence-corrected chi connectivity index (χ4v) is 4.74. The molecule has 0 aromatic heterocycles. The minimum atomic E-state index is -3.68. The summed E-state index contributed by atoms with van der Waals surface area (Å²) < 4.78 is 28.5. The maximum absolute atomic E-state index is 13.5. The van der Waals surface area contributed by atoms with Crippen molar-refractivity contribution in [2.24, 2.45) is 0 Å². The Bertz CT molecular complexity index is 991. The van der Waals surface area contributed by atoms with Crippen molar-refractivity contribution in [1.29, 1.82) is 0 Å². The van der Waals surface area contributed by atoms with Crippen LogP contribution in [0.3, 0.4) is 0 Å². The molecule has 0 N–H and O–H groups in total. The highest BCUT2D eigenvalue weighted by atomic mass is 32.2. The molecule has 3 aromatic rings. The van der Waals surface area contributed by atoms with Crippen LogP contribution in [-0.2, 0) is 16.6 Å². The normalized spacial score (nSPS) is 11.3. The molecule has 4 heteroatoms. The van der Waals surface area contributed by atoms with Gasteiger partial charge in [0.15, 0.2) is 0 Å². The van der Waals surface area contributed by atoms with Crippen molar-refractivity contribution in [2.45, 2.75) is 32.2 Å². The Morgan fingerprint density at radius 2 is 1.23 bits per heavy atom. The minimum Gasteiger partial charge on any atom is -0.261 e. The fraction of sp³-hybridized carbons (Fsp3) is 0.182. The molecule has 0 bridgehead atoms. The Balaban J connectivity index is 2.19. The first-order valence-electron chi connectivity index (χ1n) is 8.60. The second-order valence-electron chi connectivity index (χ2n) is 6.49. The number of sulfonamides is 1. The zero-order valence-electron chi connectivity index (χ0n) is 15.3. The smallest absolute Gasteiger partial charge is 0.261 e. The summed E-state index contributed by atoms with van der Waals surface area (Å²) in [5.74, 6) is 0. The Labute approximate surface area is 156 Å². The molecule has 0 aliphatic rings. The van der Waals surface area contributed by atoms with E-state index in [2.05, 4.69) is 0 Å². The number of hydrogen-bond donors (Lipinski definition) is 0. The van der Waals surface area contributed by atoms with Gasteiger partial charge in [0.1, 0.15) is 0 Å². The van der Waals surface area contributed by atoms with Crippen LogP contribution < -0.4 is 4.31 Å². The van der Waals surface area contributed by atoms with E-state index in [-0.39, 0.29) is 0 Å². The first kappa shape index (κ1) is 18.2. The Morgan fingerprint density at radius 1 is 0.692 bits per heavy atom. The predicted molar refractivity (Wildman–Crippen MR) is 107 cm³/mol. The van der Waals surface area contributed by atoms with Crippen LogP contribution in [0.2, 0.25) is 0 Å². The zero-order chi connectivity index (χ0) is 18.7. The number of nitrogens with zero attached hydrogens (tertiary/aromatic N) is 1. The summed E-state index contributed by atoms with van der Waals surface area (Å²) in [7, 11) is -3.68. The Hall–Kier alpha value is -2.59. The molecule has 0 aliphatic carbocycles. The molecule has 26 heavy (non-hydrogen) atoms. The summed E-state index contributed by atoms with van der Waals surface area (Å²) in [6.45, 7) is 6.21. The molecule has 134 valence electrons. The summed E-state index contributed by atoms with van der Waals surface area (Å²) in [4.78, 5) is 0.302. The van der Waals surface area contributed by atoms with Crippen LogP contribution in [0.25, 0.3) is 0 Å². The monoisotopic (exact) mass is 365 g/mol. The lowest BCUT2D eigenvalue weighted by Gasteiger charge is -2.28. The summed E-state index contributed by atoms with van der Waals surface area (Å²) in [5.41, 5.74) is 4.71. The average Bonchev–Trinajstić information content (AvgIpc) is 2.63. The van der Waals surface area contributed by atoms with E-state index < -0.39 is 10.0 Å². The van der Waals surface area contributed by atoms with Gasteiger partial charge in [-0.1, -0.05) is 60.7 Å². The van der Waals surface area contributed by atoms with Crippen molar-refractivity contribution in [1.82, 2.24) is 0 Å². The van der Waals surface area contributed by atoms with Gasteiger partial charge >= 0.3 is 0 Å². The predicted octanol–water partition coefficient (Wildman–Crippen LogP) is 5.01. The molecular formula is C22H23NO2S. The highest BCUT2D eigenvalue weighted by Gasteiger charge is 2.27. The van der Waals surface area contributed by atoms with Crippen molar-refractivity contribution >= 4 is 15.7 Å². The van der Waals surface area contributed by atoms with Crippen LogP contribution in [0, 0.1) is 20.8 Å². The number of hydrogen-bond acceptors (Lipinski definition) is 2. The van der Waals surface area contributed by atoms with E-state index in [1.54, 1.807) is 24.3 Å². The van der Waals surface area contributed by atoms with E-state index in [1.807, 2.05) is 69.3 Å². The highest BCUT2D eigenvalue weighted by molar-refractivity contribution is 7.92. The van der Waals surface area contributed by atoms with Gasteiger partial charge < -0.3 is 0 Å². The minimum absolute atomic E-state index is 0.301. The van der Waals surface area contributed by atoms with E-state index in [0.29, 0.717) is 11.4 Å². The van der Waals surface area contributed by atoms with Crippen molar-refractivity contribution in [3.05, 3.63) is 95.1 Å². The molecule has 3 nitrogen and oxygen atoms in total. The van der Waals surface area contributed by atoms with Crippen molar-refractivity contribution in [2.75, 3.05) is 4.31 Å². The molecular weight excluding hydrogens is 342 g/mol. The van der Waals surface area contributed by atoms with Crippen LogP contribution in [0.4, 0.5) is 5.69 Å². The molecule has 0 spiro atoms. The molecule has 0 saturated heterocycles. The third-order valence-corrected chi connectivity index (χ3v) is 6.36. The summed E-state index contributed by atoms with van der Waals surface area (Å²) in [6, 6.07) is 22.4. The third kappa shape index (κ3) is 3.51. The molecule has 0 aliphatic heterocycles. The van der Waals surface area contributed by atoms with Crippen LogP contribution in [0.1, 0.15) is 22.3 Å². The SMILES string of the molecule is Cc1ccccc1CN(c1c(C)cccc1C)S(=O)(=O)c1ccccc1. The van der Waals surface area contributed by atoms with E-state index in [4.69, 9.17) is 0 Å². The molecule has 0 atom stereocenters. The maximum Gasteiger partial charge on any atom is 0.264 e. The molecule has 0 heterocycles. The van der Waals surface area contributed by atoms with Crippen molar-refractivity contribution in [3.63, 3.8) is 0 Å². The topological polar surface area (TPSA) is 37.4 Å². The van der Waals surface area contributed by atoms with Gasteiger partial charge in [-0.2, -0.15) is 0 Å². The van der Waals surface area contributed by atoms with Gasteiger partial charge in [0.2, 0.25) is 0 Å². The maximum atomic E-state index is 13.5. The van der Waals surface area contributed by atoms with E-state index in [1.165, 1.54) is 4.31 Å². The summed E-state index contributed by atoms with van der Waals surface area (Å²) in [6.07, 6.45) is 0. The lowest BCUT2D eigenvalue weighted by atomic mass is 10.1. The van der Waals surface area contributed by atoms with Gasteiger partial charge in [0.25, 0.3) is 10.0 Å². The standard InChI is InChI=1S/C22H23NO2S/c1-17-10-7-8-13-20(17)16-23(22-18(2)11-9-12-19(22)3)26(24,25)21-14-5-4-6-15-21/h4-15H,16H2,1-3H3. The lowest BCUT2D eigenvalue weighted by Crippen LogP contribution is -2.32. The van der Waals surface area contributed by atoms with Gasteiger partial charge in [-0.05, 0) is 55.2 Å². The Kier molecular flexibility index (Phi) is 5.14. The largest absolute Gasteiger partial charge is 0.264 e. The van der Waals surface area contributed by atoms with Crippen molar-refractivity contribution in [3.8, 4) is 0 Å². The number of aryl methyl sites for hydroxylation is 3. The van der Waals surface area contributed by atoms with Crippen molar-refractivity contribution < 1.29 is 8.42 Å². The van der Waals surface area contributed by atoms with Gasteiger partial charge in [0.05, 0.1) is 17.1 Å². The first-order chi connectivity index (χ1) is 12.4. The second kappa shape index (κ2) is 7.34. The van der Waals surface area contributed by atoms with Gasteiger partial charge in [-0.3, -0.25) is 4.31 Å². The number of para-hydroxylation sites is 1. The molecule has 3 rings (SSSR count).